The summed E-state index contributed by atoms with van der Waals surface area (Å²) in [6.07, 6.45) is 4.98. The topological polar surface area (TPSA) is 78.1 Å². The first-order valence-corrected chi connectivity index (χ1v) is 10.7. The number of H-pyrrole nitrogens is 1. The molecule has 4 rings (SSSR count). The molecule has 1 amide bonds. The second kappa shape index (κ2) is 9.27. The van der Waals surface area contributed by atoms with Gasteiger partial charge in [0.05, 0.1) is 11.6 Å². The van der Waals surface area contributed by atoms with Gasteiger partial charge in [-0.3, -0.25) is 14.6 Å². The van der Waals surface area contributed by atoms with Gasteiger partial charge in [-0.25, -0.2) is 0 Å². The Morgan fingerprint density at radius 1 is 1.16 bits per heavy atom. The van der Waals surface area contributed by atoms with Crippen LogP contribution in [-0.2, 0) is 17.6 Å². The van der Waals surface area contributed by atoms with E-state index < -0.39 is 0 Å². The summed E-state index contributed by atoms with van der Waals surface area (Å²) in [4.78, 5) is 35.6. The van der Waals surface area contributed by atoms with Gasteiger partial charge < -0.3 is 15.2 Å². The Morgan fingerprint density at radius 3 is 2.61 bits per heavy atom. The van der Waals surface area contributed by atoms with Gasteiger partial charge in [0.2, 0.25) is 5.91 Å². The molecule has 2 aromatic heterocycles. The van der Waals surface area contributed by atoms with E-state index in [0.29, 0.717) is 19.4 Å². The number of amides is 1. The molecule has 0 bridgehead atoms. The van der Waals surface area contributed by atoms with Crippen molar-refractivity contribution in [1.29, 1.82) is 0 Å². The number of rotatable bonds is 7. The highest BCUT2D eigenvalue weighted by molar-refractivity contribution is 6.04. The lowest BCUT2D eigenvalue weighted by Crippen LogP contribution is -2.40. The molecule has 6 heteroatoms. The zero-order valence-corrected chi connectivity index (χ0v) is 18.0. The minimum Gasteiger partial charge on any atom is -0.358 e. The van der Waals surface area contributed by atoms with Crippen LogP contribution in [0.5, 0.6) is 0 Å². The molecule has 1 aliphatic carbocycles. The van der Waals surface area contributed by atoms with Gasteiger partial charge in [-0.05, 0) is 30.3 Å². The predicted octanol–water partition coefficient (Wildman–Crippen LogP) is 3.09. The van der Waals surface area contributed by atoms with E-state index in [9.17, 15) is 9.59 Å². The van der Waals surface area contributed by atoms with Crippen LogP contribution in [0, 0.1) is 5.92 Å². The number of pyridine rings is 1. The number of benzene rings is 1. The van der Waals surface area contributed by atoms with Crippen LogP contribution in [0.2, 0.25) is 0 Å². The molecule has 3 aromatic rings. The van der Waals surface area contributed by atoms with Crippen LogP contribution in [0.3, 0.4) is 0 Å². The fraction of sp³-hybridized carbons (Fsp3) is 0.320. The number of Topliss-reactive ketones (excluding diaryl/α,β-unsaturated/α-hetero) is 1. The second-order valence-corrected chi connectivity index (χ2v) is 8.12. The summed E-state index contributed by atoms with van der Waals surface area (Å²) >= 11 is 0. The Hall–Kier alpha value is -3.25. The van der Waals surface area contributed by atoms with Gasteiger partial charge in [-0.2, -0.15) is 0 Å². The summed E-state index contributed by atoms with van der Waals surface area (Å²) < 4.78 is 0. The van der Waals surface area contributed by atoms with Crippen molar-refractivity contribution in [3.8, 4) is 11.3 Å². The number of nitrogens with one attached hydrogen (secondary N) is 2. The molecule has 6 nitrogen and oxygen atoms in total. The maximum absolute atomic E-state index is 13.3. The molecular formula is C25H28N4O2. The number of hydrogen-bond acceptors (Lipinski definition) is 4. The van der Waals surface area contributed by atoms with Crippen molar-refractivity contribution < 1.29 is 9.59 Å². The molecule has 0 fully saturated rings. The van der Waals surface area contributed by atoms with E-state index in [4.69, 9.17) is 0 Å². The van der Waals surface area contributed by atoms with Crippen LogP contribution >= 0.6 is 0 Å². The van der Waals surface area contributed by atoms with Gasteiger partial charge in [0.25, 0.3) is 0 Å². The molecule has 2 N–H and O–H groups in total. The first-order chi connectivity index (χ1) is 15.1. The molecule has 1 atom stereocenters. The Balaban J connectivity index is 1.70. The quantitative estimate of drug-likeness (QED) is 0.620. The molecule has 1 aliphatic rings. The average molecular weight is 417 g/mol. The number of aromatic nitrogens is 2. The molecule has 0 aliphatic heterocycles. The molecule has 2 heterocycles. The zero-order valence-electron chi connectivity index (χ0n) is 18.0. The van der Waals surface area contributed by atoms with E-state index in [2.05, 4.69) is 27.4 Å². The predicted molar refractivity (Wildman–Crippen MR) is 121 cm³/mol. The van der Waals surface area contributed by atoms with Crippen molar-refractivity contribution >= 4 is 11.7 Å². The molecule has 31 heavy (non-hydrogen) atoms. The Kier molecular flexibility index (Phi) is 6.28. The number of fused-ring (bicyclic) bond motifs is 1. The van der Waals surface area contributed by atoms with E-state index in [1.165, 1.54) is 0 Å². The van der Waals surface area contributed by atoms with Crippen LogP contribution in [0.25, 0.3) is 11.3 Å². The SMILES string of the molecule is CNCCN(C)C(=O)C1CC(=O)c2c([nH]c(-c3ccncc3)c2Cc2ccccc2)C1. The third kappa shape index (κ3) is 4.44. The second-order valence-electron chi connectivity index (χ2n) is 8.12. The van der Waals surface area contributed by atoms with Crippen LogP contribution in [0.15, 0.2) is 54.9 Å². The Labute approximate surface area is 182 Å². The van der Waals surface area contributed by atoms with Crippen molar-refractivity contribution in [2.45, 2.75) is 19.3 Å². The third-order valence-corrected chi connectivity index (χ3v) is 5.96. The van der Waals surface area contributed by atoms with Crippen molar-refractivity contribution in [3.63, 3.8) is 0 Å². The van der Waals surface area contributed by atoms with Gasteiger partial charge in [0.1, 0.15) is 0 Å². The first kappa shape index (κ1) is 21.0. The number of carbonyl (C=O) groups is 2. The summed E-state index contributed by atoms with van der Waals surface area (Å²) in [5, 5.41) is 3.06. The summed E-state index contributed by atoms with van der Waals surface area (Å²) in [5.41, 5.74) is 5.73. The smallest absolute Gasteiger partial charge is 0.226 e. The molecule has 0 saturated carbocycles. The number of ketones is 1. The largest absolute Gasteiger partial charge is 0.358 e. The number of aromatic amines is 1. The molecule has 1 unspecified atom stereocenters. The fourth-order valence-electron chi connectivity index (χ4n) is 4.35. The maximum atomic E-state index is 13.3. The molecule has 0 saturated heterocycles. The van der Waals surface area contributed by atoms with E-state index in [0.717, 1.165) is 40.2 Å². The lowest BCUT2D eigenvalue weighted by atomic mass is 9.83. The highest BCUT2D eigenvalue weighted by atomic mass is 16.2. The molecule has 1 aromatic carbocycles. The van der Waals surface area contributed by atoms with E-state index in [-0.39, 0.29) is 24.0 Å². The van der Waals surface area contributed by atoms with Crippen LogP contribution in [-0.4, -0.2) is 53.7 Å². The fourth-order valence-corrected chi connectivity index (χ4v) is 4.35. The summed E-state index contributed by atoms with van der Waals surface area (Å²) in [6.45, 7) is 1.35. The lowest BCUT2D eigenvalue weighted by Gasteiger charge is -2.26. The normalized spacial score (nSPS) is 15.5. The minimum absolute atomic E-state index is 0.0268. The lowest BCUT2D eigenvalue weighted by molar-refractivity contribution is -0.134. The standard InChI is InChI=1S/C25H28N4O2/c1-26-12-13-29(2)25(31)19-15-21-23(22(30)16-19)20(14-17-6-4-3-5-7-17)24(28-21)18-8-10-27-11-9-18/h3-11,19,26,28H,12-16H2,1-2H3. The van der Waals surface area contributed by atoms with Crippen LogP contribution in [0.1, 0.15) is 33.6 Å². The van der Waals surface area contributed by atoms with E-state index in [1.807, 2.05) is 37.4 Å². The summed E-state index contributed by atoms with van der Waals surface area (Å²) in [6, 6.07) is 14.1. The highest BCUT2D eigenvalue weighted by Gasteiger charge is 2.35. The number of nitrogens with zero attached hydrogens (tertiary/aromatic N) is 2. The Bertz CT molecular complexity index is 1060. The molecule has 0 spiro atoms. The van der Waals surface area contributed by atoms with Crippen molar-refractivity contribution in [1.82, 2.24) is 20.2 Å². The van der Waals surface area contributed by atoms with Crippen molar-refractivity contribution in [3.05, 3.63) is 77.2 Å². The van der Waals surface area contributed by atoms with Gasteiger partial charge in [-0.1, -0.05) is 30.3 Å². The van der Waals surface area contributed by atoms with Crippen LogP contribution in [0.4, 0.5) is 0 Å². The van der Waals surface area contributed by atoms with E-state index in [1.54, 1.807) is 24.3 Å². The monoisotopic (exact) mass is 416 g/mol. The summed E-state index contributed by atoms with van der Waals surface area (Å²) in [7, 11) is 3.67. The average Bonchev–Trinajstić information content (AvgIpc) is 3.17. The molecular weight excluding hydrogens is 388 g/mol. The van der Waals surface area contributed by atoms with Gasteiger partial charge in [0, 0.05) is 68.6 Å². The third-order valence-electron chi connectivity index (χ3n) is 5.96. The van der Waals surface area contributed by atoms with Crippen molar-refractivity contribution in [2.24, 2.45) is 5.92 Å². The number of hydrogen-bond donors (Lipinski definition) is 2. The first-order valence-electron chi connectivity index (χ1n) is 10.7. The molecule has 160 valence electrons. The molecule has 0 radical (unpaired) electrons. The maximum Gasteiger partial charge on any atom is 0.226 e. The van der Waals surface area contributed by atoms with Crippen molar-refractivity contribution in [2.75, 3.05) is 27.2 Å². The van der Waals surface area contributed by atoms with Gasteiger partial charge >= 0.3 is 0 Å². The van der Waals surface area contributed by atoms with Crippen LogP contribution < -0.4 is 5.32 Å². The highest BCUT2D eigenvalue weighted by Crippen LogP contribution is 2.36. The van der Waals surface area contributed by atoms with Gasteiger partial charge in [0.15, 0.2) is 5.78 Å². The Morgan fingerprint density at radius 2 is 1.90 bits per heavy atom. The number of likely N-dealkylation sites (N-methyl/N-ethyl adjacent to an activating group) is 2. The number of carbonyl (C=O) groups excluding carboxylic acids is 2. The summed E-state index contributed by atoms with van der Waals surface area (Å²) in [5.74, 6) is -0.251. The van der Waals surface area contributed by atoms with E-state index >= 15 is 0 Å². The minimum atomic E-state index is -0.324. The van der Waals surface area contributed by atoms with Gasteiger partial charge in [-0.15, -0.1) is 0 Å². The zero-order chi connectivity index (χ0) is 21.8.